The molecule has 1 aromatic rings. The van der Waals surface area contributed by atoms with Crippen molar-refractivity contribution in [3.8, 4) is 5.75 Å². The fourth-order valence-electron chi connectivity index (χ4n) is 3.71. The van der Waals surface area contributed by atoms with Crippen LogP contribution >= 0.6 is 0 Å². The van der Waals surface area contributed by atoms with Crippen LogP contribution in [0.2, 0.25) is 0 Å². The molecule has 92 valence electrons. The number of likely N-dealkylation sites (N-methyl/N-ethyl adjacent to an activating group) is 1. The van der Waals surface area contributed by atoms with E-state index in [1.165, 1.54) is 42.5 Å². The maximum Gasteiger partial charge on any atom is 0.125 e. The highest BCUT2D eigenvalue weighted by atomic mass is 16.5. The monoisotopic (exact) mass is 231 g/mol. The Morgan fingerprint density at radius 1 is 1.41 bits per heavy atom. The fourth-order valence-corrected chi connectivity index (χ4v) is 3.71. The minimum Gasteiger partial charge on any atom is -0.496 e. The smallest absolute Gasteiger partial charge is 0.125 e. The quantitative estimate of drug-likeness (QED) is 0.737. The summed E-state index contributed by atoms with van der Waals surface area (Å²) >= 11 is 0. The first-order valence-electron chi connectivity index (χ1n) is 6.58. The molecule has 0 amide bonds. The van der Waals surface area contributed by atoms with Gasteiger partial charge < -0.3 is 9.64 Å². The molecule has 1 atom stereocenters. The number of ether oxygens (including phenoxy) is 1. The minimum atomic E-state index is 0.738. The van der Waals surface area contributed by atoms with Crippen molar-refractivity contribution in [3.05, 3.63) is 28.3 Å². The summed E-state index contributed by atoms with van der Waals surface area (Å²) in [6.07, 6.45) is 3.86. The molecule has 0 aromatic heterocycles. The molecule has 1 aliphatic carbocycles. The molecule has 0 spiro atoms. The average molecular weight is 231 g/mol. The van der Waals surface area contributed by atoms with E-state index in [0.717, 1.165) is 18.2 Å². The van der Waals surface area contributed by atoms with Gasteiger partial charge in [0.15, 0.2) is 0 Å². The van der Waals surface area contributed by atoms with Crippen LogP contribution in [0, 0.1) is 6.92 Å². The lowest BCUT2D eigenvalue weighted by molar-refractivity contribution is 0.264. The molecule has 17 heavy (non-hydrogen) atoms. The zero-order valence-electron chi connectivity index (χ0n) is 11.0. The van der Waals surface area contributed by atoms with E-state index in [1.54, 1.807) is 5.56 Å². The van der Waals surface area contributed by atoms with Crippen LogP contribution in [0.1, 0.15) is 41.0 Å². The zero-order valence-corrected chi connectivity index (χ0v) is 11.0. The van der Waals surface area contributed by atoms with Crippen molar-refractivity contribution >= 4 is 0 Å². The van der Waals surface area contributed by atoms with Crippen LogP contribution in [0.25, 0.3) is 0 Å². The molecule has 0 bridgehead atoms. The lowest BCUT2D eigenvalue weighted by Gasteiger charge is -2.37. The highest BCUT2D eigenvalue weighted by molar-refractivity contribution is 5.53. The predicted octanol–water partition coefficient (Wildman–Crippen LogP) is 2.87. The molecule has 1 unspecified atom stereocenters. The lowest BCUT2D eigenvalue weighted by Crippen LogP contribution is -2.33. The van der Waals surface area contributed by atoms with Gasteiger partial charge >= 0.3 is 0 Å². The second-order valence-electron chi connectivity index (χ2n) is 5.56. The van der Waals surface area contributed by atoms with E-state index in [0.29, 0.717) is 0 Å². The molecule has 1 aliphatic heterocycles. The summed E-state index contributed by atoms with van der Waals surface area (Å²) in [6, 6.07) is 2.34. The first-order valence-corrected chi connectivity index (χ1v) is 6.58. The molecule has 0 saturated carbocycles. The number of methoxy groups -OCH3 is 1. The maximum atomic E-state index is 5.63. The highest BCUT2D eigenvalue weighted by Crippen LogP contribution is 2.43. The molecule has 0 radical (unpaired) electrons. The topological polar surface area (TPSA) is 12.5 Å². The third-order valence-electron chi connectivity index (χ3n) is 4.26. The van der Waals surface area contributed by atoms with Gasteiger partial charge in [-0.3, -0.25) is 0 Å². The van der Waals surface area contributed by atoms with Gasteiger partial charge in [-0.25, -0.2) is 0 Å². The molecule has 2 aliphatic rings. The van der Waals surface area contributed by atoms with Crippen molar-refractivity contribution in [1.82, 2.24) is 4.90 Å². The molecule has 1 heterocycles. The van der Waals surface area contributed by atoms with E-state index in [1.807, 2.05) is 7.11 Å². The molecule has 0 N–H and O–H groups in total. The third-order valence-corrected chi connectivity index (χ3v) is 4.26. The summed E-state index contributed by atoms with van der Waals surface area (Å²) in [7, 11) is 4.04. The average Bonchev–Trinajstić information content (AvgIpc) is 2.28. The first kappa shape index (κ1) is 11.1. The van der Waals surface area contributed by atoms with Crippen LogP contribution in [-0.4, -0.2) is 25.6 Å². The molecule has 3 rings (SSSR count). The summed E-state index contributed by atoms with van der Waals surface area (Å²) in [6.45, 7) is 4.49. The summed E-state index contributed by atoms with van der Waals surface area (Å²) in [5, 5.41) is 0. The number of benzene rings is 1. The zero-order chi connectivity index (χ0) is 12.0. The van der Waals surface area contributed by atoms with E-state index in [-0.39, 0.29) is 0 Å². The van der Waals surface area contributed by atoms with Crippen molar-refractivity contribution in [2.75, 3.05) is 20.7 Å². The lowest BCUT2D eigenvalue weighted by atomic mass is 9.76. The van der Waals surface area contributed by atoms with Gasteiger partial charge in [-0.05, 0) is 61.4 Å². The van der Waals surface area contributed by atoms with E-state index in [9.17, 15) is 0 Å². The van der Waals surface area contributed by atoms with Gasteiger partial charge in [0, 0.05) is 13.1 Å². The van der Waals surface area contributed by atoms with Crippen LogP contribution in [0.3, 0.4) is 0 Å². The van der Waals surface area contributed by atoms with Gasteiger partial charge in [-0.2, -0.15) is 0 Å². The van der Waals surface area contributed by atoms with Gasteiger partial charge in [-0.1, -0.05) is 6.07 Å². The Hall–Kier alpha value is -1.02. The molecule has 1 aromatic carbocycles. The SMILES string of the molecule is COc1c(C)cc2c3c1CCCC3CN(C)C2. The second-order valence-corrected chi connectivity index (χ2v) is 5.56. The van der Waals surface area contributed by atoms with E-state index in [4.69, 9.17) is 4.74 Å². The van der Waals surface area contributed by atoms with Crippen LogP contribution < -0.4 is 4.74 Å². The van der Waals surface area contributed by atoms with Crippen LogP contribution in [0.5, 0.6) is 5.75 Å². The van der Waals surface area contributed by atoms with Crippen molar-refractivity contribution in [2.24, 2.45) is 0 Å². The Morgan fingerprint density at radius 2 is 2.24 bits per heavy atom. The normalized spacial score (nSPS) is 23.4. The molecule has 2 nitrogen and oxygen atoms in total. The Morgan fingerprint density at radius 3 is 3.00 bits per heavy atom. The summed E-state index contributed by atoms with van der Waals surface area (Å²) in [5.41, 5.74) is 5.97. The van der Waals surface area contributed by atoms with Crippen LogP contribution in [-0.2, 0) is 13.0 Å². The fraction of sp³-hybridized carbons (Fsp3) is 0.600. The predicted molar refractivity (Wildman–Crippen MR) is 69.7 cm³/mol. The Kier molecular flexibility index (Phi) is 2.62. The van der Waals surface area contributed by atoms with Crippen molar-refractivity contribution in [2.45, 2.75) is 38.6 Å². The Labute approximate surface area is 104 Å². The molecular weight excluding hydrogens is 210 g/mol. The van der Waals surface area contributed by atoms with Gasteiger partial charge in [0.1, 0.15) is 5.75 Å². The molecule has 0 fully saturated rings. The van der Waals surface area contributed by atoms with E-state index in [2.05, 4.69) is 24.9 Å². The summed E-state index contributed by atoms with van der Waals surface area (Å²) in [4.78, 5) is 2.45. The van der Waals surface area contributed by atoms with Gasteiger partial charge in [0.05, 0.1) is 7.11 Å². The van der Waals surface area contributed by atoms with Crippen molar-refractivity contribution in [1.29, 1.82) is 0 Å². The Bertz CT molecular complexity index is 453. The number of aryl methyl sites for hydroxylation is 1. The number of nitrogens with zero attached hydrogens (tertiary/aromatic N) is 1. The highest BCUT2D eigenvalue weighted by Gasteiger charge is 2.31. The van der Waals surface area contributed by atoms with E-state index < -0.39 is 0 Å². The standard InChI is InChI=1S/C15H21NO/c1-10-7-12-9-16(2)8-11-5-4-6-13(14(11)12)15(10)17-3/h7,11H,4-6,8-9H2,1-3H3. The first-order chi connectivity index (χ1) is 8.20. The molecule has 2 heteroatoms. The van der Waals surface area contributed by atoms with Crippen LogP contribution in [0.15, 0.2) is 6.07 Å². The minimum absolute atomic E-state index is 0.738. The van der Waals surface area contributed by atoms with E-state index >= 15 is 0 Å². The van der Waals surface area contributed by atoms with Gasteiger partial charge in [0.2, 0.25) is 0 Å². The summed E-state index contributed by atoms with van der Waals surface area (Å²) in [5.74, 6) is 1.89. The van der Waals surface area contributed by atoms with Gasteiger partial charge in [0.25, 0.3) is 0 Å². The largest absolute Gasteiger partial charge is 0.496 e. The second kappa shape index (κ2) is 4.02. The Balaban J connectivity index is 2.21. The van der Waals surface area contributed by atoms with Crippen molar-refractivity contribution in [3.63, 3.8) is 0 Å². The summed E-state index contributed by atoms with van der Waals surface area (Å²) < 4.78 is 5.63. The number of hydrogen-bond donors (Lipinski definition) is 0. The molecule has 0 saturated heterocycles. The maximum absolute atomic E-state index is 5.63. The van der Waals surface area contributed by atoms with Crippen LogP contribution in [0.4, 0.5) is 0 Å². The van der Waals surface area contributed by atoms with Crippen molar-refractivity contribution < 1.29 is 4.74 Å². The molecular formula is C15H21NO. The van der Waals surface area contributed by atoms with Gasteiger partial charge in [-0.15, -0.1) is 0 Å². The number of hydrogen-bond acceptors (Lipinski definition) is 2. The third kappa shape index (κ3) is 1.66. The number of rotatable bonds is 1.